The smallest absolute Gasteiger partial charge is 0.416 e. The van der Waals surface area contributed by atoms with Crippen LogP contribution in [0.1, 0.15) is 45.7 Å². The molecule has 4 rings (SSSR count). The third-order valence-corrected chi connectivity index (χ3v) is 7.22. The fourth-order valence-electron chi connectivity index (χ4n) is 5.11. The number of carbonyl (C=O) groups excluding carboxylic acids is 3. The van der Waals surface area contributed by atoms with Crippen molar-refractivity contribution in [3.8, 4) is 23.0 Å². The number of imide groups is 1. The molecule has 2 aliphatic rings. The number of nitrogens with zero attached hydrogens (tertiary/aromatic N) is 1. The predicted molar refractivity (Wildman–Crippen MR) is 149 cm³/mol. The van der Waals surface area contributed by atoms with Gasteiger partial charge in [0.2, 0.25) is 12.7 Å². The van der Waals surface area contributed by atoms with Crippen LogP contribution in [0.25, 0.3) is 0 Å². The minimum atomic E-state index is -0.954. The van der Waals surface area contributed by atoms with E-state index in [0.29, 0.717) is 23.0 Å². The van der Waals surface area contributed by atoms with Crippen LogP contribution in [0, 0.1) is 17.8 Å². The maximum absolute atomic E-state index is 14.4. The van der Waals surface area contributed by atoms with Crippen molar-refractivity contribution in [2.24, 2.45) is 17.8 Å². The van der Waals surface area contributed by atoms with Gasteiger partial charge in [0.05, 0.1) is 32.1 Å². The number of carbonyl (C=O) groups is 3. The van der Waals surface area contributed by atoms with Crippen molar-refractivity contribution in [2.75, 3.05) is 27.6 Å². The van der Waals surface area contributed by atoms with E-state index in [9.17, 15) is 14.4 Å². The molecule has 0 aromatic heterocycles. The minimum Gasteiger partial charge on any atom is -0.493 e. The summed E-state index contributed by atoms with van der Waals surface area (Å²) >= 11 is 0. The summed E-state index contributed by atoms with van der Waals surface area (Å²) in [5.41, 5.74) is 0.695. The van der Waals surface area contributed by atoms with Gasteiger partial charge in [-0.05, 0) is 74.9 Å². The average Bonchev–Trinajstić information content (AvgIpc) is 3.55. The third-order valence-electron chi connectivity index (χ3n) is 7.22. The number of fused-ring (bicyclic) bond motifs is 1. The summed E-state index contributed by atoms with van der Waals surface area (Å²) in [6.45, 7) is 9.39. The van der Waals surface area contributed by atoms with Gasteiger partial charge in [-0.1, -0.05) is 26.0 Å². The van der Waals surface area contributed by atoms with Gasteiger partial charge in [-0.15, -0.1) is 0 Å². The van der Waals surface area contributed by atoms with Gasteiger partial charge < -0.3 is 28.4 Å². The molecule has 0 spiro atoms. The zero-order valence-electron chi connectivity index (χ0n) is 24.7. The molecule has 1 saturated heterocycles. The van der Waals surface area contributed by atoms with Crippen LogP contribution in [0.4, 0.5) is 4.79 Å². The quantitative estimate of drug-likeness (QED) is 0.373. The molecule has 1 fully saturated rings. The number of hydrogen-bond donors (Lipinski definition) is 0. The van der Waals surface area contributed by atoms with Gasteiger partial charge in [-0.25, -0.2) is 9.69 Å². The molecule has 10 heteroatoms. The van der Waals surface area contributed by atoms with Crippen LogP contribution in [0.2, 0.25) is 0 Å². The standard InChI is InChI=1S/C31H39NO9/c1-18(2)23-16-38-30(35)32(23)28(33)21(12-19-9-11-25-27(15-19)40-17-39-25)22(29(34)41-31(3,4)5)13-20-8-10-24(36-6)26(14-20)37-7/h8-11,14-15,18,21-23H,12-13,16-17H2,1-7H3/t21-,22+,23-/m1/s1. The fourth-order valence-corrected chi connectivity index (χ4v) is 5.11. The van der Waals surface area contributed by atoms with Crippen molar-refractivity contribution in [1.29, 1.82) is 0 Å². The Morgan fingerprint density at radius 3 is 2.20 bits per heavy atom. The lowest BCUT2D eigenvalue weighted by Crippen LogP contribution is -2.49. The van der Waals surface area contributed by atoms with E-state index in [-0.39, 0.29) is 32.2 Å². The highest BCUT2D eigenvalue weighted by molar-refractivity contribution is 5.97. The normalized spacial score (nSPS) is 17.7. The Morgan fingerprint density at radius 1 is 0.902 bits per heavy atom. The second-order valence-corrected chi connectivity index (χ2v) is 11.6. The van der Waals surface area contributed by atoms with Gasteiger partial charge in [-0.3, -0.25) is 9.59 Å². The van der Waals surface area contributed by atoms with Gasteiger partial charge in [0.1, 0.15) is 12.2 Å². The molecule has 0 unspecified atom stereocenters. The molecule has 41 heavy (non-hydrogen) atoms. The van der Waals surface area contributed by atoms with Gasteiger partial charge in [0.15, 0.2) is 23.0 Å². The summed E-state index contributed by atoms with van der Waals surface area (Å²) < 4.78 is 33.0. The summed E-state index contributed by atoms with van der Waals surface area (Å²) in [6, 6.07) is 10.3. The molecular weight excluding hydrogens is 530 g/mol. The fraction of sp³-hybridized carbons (Fsp3) is 0.516. The van der Waals surface area contributed by atoms with Crippen LogP contribution in [0.15, 0.2) is 36.4 Å². The van der Waals surface area contributed by atoms with Crippen molar-refractivity contribution in [3.05, 3.63) is 47.5 Å². The van der Waals surface area contributed by atoms with E-state index in [1.807, 2.05) is 26.0 Å². The molecule has 2 aromatic carbocycles. The van der Waals surface area contributed by atoms with E-state index in [4.69, 9.17) is 28.4 Å². The lowest BCUT2D eigenvalue weighted by Gasteiger charge is -2.32. The first-order chi connectivity index (χ1) is 19.4. The maximum atomic E-state index is 14.4. The Balaban J connectivity index is 1.78. The summed E-state index contributed by atoms with van der Waals surface area (Å²) in [6.07, 6.45) is -0.398. The summed E-state index contributed by atoms with van der Waals surface area (Å²) in [5.74, 6) is -0.761. The van der Waals surface area contributed by atoms with E-state index in [1.165, 1.54) is 12.0 Å². The summed E-state index contributed by atoms with van der Waals surface area (Å²) in [5, 5.41) is 0. The van der Waals surface area contributed by atoms with Crippen molar-refractivity contribution in [3.63, 3.8) is 0 Å². The Kier molecular flexibility index (Phi) is 8.99. The van der Waals surface area contributed by atoms with Crippen molar-refractivity contribution >= 4 is 18.0 Å². The maximum Gasteiger partial charge on any atom is 0.416 e. The van der Waals surface area contributed by atoms with Gasteiger partial charge in [0.25, 0.3) is 0 Å². The topological polar surface area (TPSA) is 110 Å². The SMILES string of the molecule is COc1ccc(C[C@H](C(=O)OC(C)(C)C)[C@@H](Cc2ccc3c(c2)OCO3)C(=O)N2C(=O)OC[C@@H]2C(C)C)cc1OC. The second-order valence-electron chi connectivity index (χ2n) is 11.6. The lowest BCUT2D eigenvalue weighted by molar-refractivity contribution is -0.165. The zero-order chi connectivity index (χ0) is 29.9. The zero-order valence-corrected chi connectivity index (χ0v) is 24.7. The average molecular weight is 570 g/mol. The highest BCUT2D eigenvalue weighted by atomic mass is 16.7. The molecule has 2 amide bonds. The molecule has 10 nitrogen and oxygen atoms in total. The van der Waals surface area contributed by atoms with Crippen molar-refractivity contribution in [1.82, 2.24) is 4.90 Å². The van der Waals surface area contributed by atoms with E-state index in [1.54, 1.807) is 52.1 Å². The van der Waals surface area contributed by atoms with Crippen LogP contribution in [-0.4, -0.2) is 62.1 Å². The molecule has 0 bridgehead atoms. The number of esters is 1. The highest BCUT2D eigenvalue weighted by Crippen LogP contribution is 2.37. The van der Waals surface area contributed by atoms with Crippen LogP contribution < -0.4 is 18.9 Å². The Morgan fingerprint density at radius 2 is 1.54 bits per heavy atom. The lowest BCUT2D eigenvalue weighted by atomic mass is 9.81. The predicted octanol–water partition coefficient (Wildman–Crippen LogP) is 4.80. The number of hydrogen-bond acceptors (Lipinski definition) is 9. The molecule has 0 N–H and O–H groups in total. The summed E-state index contributed by atoms with van der Waals surface area (Å²) in [7, 11) is 3.07. The molecule has 2 aromatic rings. The van der Waals surface area contributed by atoms with Crippen LogP contribution in [0.5, 0.6) is 23.0 Å². The van der Waals surface area contributed by atoms with E-state index >= 15 is 0 Å². The molecule has 0 radical (unpaired) electrons. The van der Waals surface area contributed by atoms with Crippen molar-refractivity contribution < 1.29 is 42.8 Å². The number of ether oxygens (including phenoxy) is 6. The first-order valence-electron chi connectivity index (χ1n) is 13.7. The Hall–Kier alpha value is -3.95. The van der Waals surface area contributed by atoms with Gasteiger partial charge >= 0.3 is 12.1 Å². The molecule has 0 aliphatic carbocycles. The van der Waals surface area contributed by atoms with Crippen LogP contribution >= 0.6 is 0 Å². The molecular formula is C31H39NO9. The highest BCUT2D eigenvalue weighted by Gasteiger charge is 2.46. The molecule has 0 saturated carbocycles. The van der Waals surface area contributed by atoms with Gasteiger partial charge in [0, 0.05) is 0 Å². The first-order valence-corrected chi connectivity index (χ1v) is 13.7. The number of rotatable bonds is 10. The van der Waals surface area contributed by atoms with E-state index in [2.05, 4.69) is 0 Å². The number of cyclic esters (lactones) is 1. The monoisotopic (exact) mass is 569 g/mol. The third kappa shape index (κ3) is 6.86. The van der Waals surface area contributed by atoms with Crippen LogP contribution in [0.3, 0.4) is 0 Å². The van der Waals surface area contributed by atoms with Crippen LogP contribution in [-0.2, 0) is 31.9 Å². The van der Waals surface area contributed by atoms with Gasteiger partial charge in [-0.2, -0.15) is 0 Å². The number of benzene rings is 2. The number of methoxy groups -OCH3 is 2. The number of amides is 2. The molecule has 3 atom stereocenters. The molecule has 2 heterocycles. The largest absolute Gasteiger partial charge is 0.493 e. The molecule has 222 valence electrons. The Bertz CT molecular complexity index is 1280. The second kappa shape index (κ2) is 12.3. The van der Waals surface area contributed by atoms with E-state index < -0.39 is 41.4 Å². The van der Waals surface area contributed by atoms with Crippen molar-refractivity contribution in [2.45, 2.75) is 59.1 Å². The Labute approximate surface area is 240 Å². The first kappa shape index (κ1) is 30.0. The summed E-state index contributed by atoms with van der Waals surface area (Å²) in [4.78, 5) is 42.3. The van der Waals surface area contributed by atoms with E-state index in [0.717, 1.165) is 11.1 Å². The minimum absolute atomic E-state index is 0.0394. The molecule has 2 aliphatic heterocycles.